The Morgan fingerprint density at radius 1 is 1.50 bits per heavy atom. The Morgan fingerprint density at radius 2 is 1.90 bits per heavy atom. The van der Waals surface area contributed by atoms with Gasteiger partial charge in [-0.2, -0.15) is 0 Å². The fourth-order valence-corrected chi connectivity index (χ4v) is 0.874. The third-order valence-corrected chi connectivity index (χ3v) is 1.98. The van der Waals surface area contributed by atoms with E-state index in [4.69, 9.17) is 5.11 Å². The zero-order valence-corrected chi connectivity index (χ0v) is 6.14. The molecule has 0 amide bonds. The van der Waals surface area contributed by atoms with Crippen molar-refractivity contribution in [3.63, 3.8) is 0 Å². The van der Waals surface area contributed by atoms with Crippen molar-refractivity contribution < 1.29 is 9.90 Å². The van der Waals surface area contributed by atoms with Gasteiger partial charge in [0, 0.05) is 0 Å². The Balaban J connectivity index is -0.000000245. The van der Waals surface area contributed by atoms with Gasteiger partial charge < -0.3 is 5.11 Å². The van der Waals surface area contributed by atoms with Crippen molar-refractivity contribution in [3.8, 4) is 0 Å². The first kappa shape index (κ1) is 16.5. The summed E-state index contributed by atoms with van der Waals surface area (Å²) in [6.07, 6.45) is 0.331. The van der Waals surface area contributed by atoms with Crippen LogP contribution in [0.15, 0.2) is 0 Å². The smallest absolute Gasteiger partial charge is 0.307 e. The maximum atomic E-state index is 9.91. The predicted octanol–water partition coefficient (Wildman–Crippen LogP) is 2.43. The summed E-state index contributed by atoms with van der Waals surface area (Å²) in [4.78, 5) is 9.91. The van der Waals surface area contributed by atoms with Gasteiger partial charge in [-0.3, -0.25) is 4.79 Å². The fourth-order valence-electron chi connectivity index (χ4n) is 0.291. The van der Waals surface area contributed by atoms with Gasteiger partial charge in [0.1, 0.15) is 0 Å². The summed E-state index contributed by atoms with van der Waals surface area (Å²) in [6, 6.07) is 0. The molecule has 1 unspecified atom stereocenters. The topological polar surface area (TPSA) is 37.3 Å². The van der Waals surface area contributed by atoms with E-state index in [1.54, 1.807) is 0 Å². The quantitative estimate of drug-likeness (QED) is 0.654. The van der Waals surface area contributed by atoms with Crippen LogP contribution in [0.4, 0.5) is 0 Å². The van der Waals surface area contributed by atoms with Crippen LogP contribution in [0.2, 0.25) is 0 Å². The minimum Gasteiger partial charge on any atom is -0.481 e. The van der Waals surface area contributed by atoms with Crippen LogP contribution < -0.4 is 0 Å². The molecule has 0 bridgehead atoms. The Hall–Kier alpha value is -0.100. The first-order chi connectivity index (χ1) is 3.63. The van der Waals surface area contributed by atoms with E-state index < -0.39 is 5.97 Å². The van der Waals surface area contributed by atoms with E-state index >= 15 is 0 Å². The monoisotopic (exact) mass is 166 g/mol. The van der Waals surface area contributed by atoms with Crippen molar-refractivity contribution in [2.45, 2.75) is 34.4 Å². The molecule has 0 saturated carbocycles. The Bertz CT molecular complexity index is 81.7. The number of carbonyl (C=O) groups is 1. The maximum absolute atomic E-state index is 9.91. The highest BCUT2D eigenvalue weighted by atomic mass is 31.1. The highest BCUT2D eigenvalue weighted by Gasteiger charge is 1.97. The van der Waals surface area contributed by atoms with Crippen molar-refractivity contribution in [1.29, 1.82) is 0 Å². The predicted molar refractivity (Wildman–Crippen MR) is 49.4 cm³/mol. The molecule has 0 aliphatic heterocycles. The second kappa shape index (κ2) is 8.90. The summed E-state index contributed by atoms with van der Waals surface area (Å²) in [5.41, 5.74) is 0.533. The average Bonchev–Trinajstić information content (AvgIpc) is 1.61. The normalized spacial score (nSPS) is 9.10. The van der Waals surface area contributed by atoms with Crippen LogP contribution in [0.1, 0.15) is 28.7 Å². The Kier molecular flexibility index (Phi) is 14.7. The van der Waals surface area contributed by atoms with Gasteiger partial charge in [-0.1, -0.05) is 28.7 Å². The molecule has 0 rings (SSSR count). The van der Waals surface area contributed by atoms with E-state index in [2.05, 4.69) is 0 Å². The van der Waals surface area contributed by atoms with Crippen LogP contribution in [-0.4, -0.2) is 22.9 Å². The number of hydrogen-bond acceptors (Lipinski definition) is 1. The molecular weight excluding hydrogens is 147 g/mol. The zero-order chi connectivity index (χ0) is 6.57. The lowest BCUT2D eigenvalue weighted by Crippen LogP contribution is -1.99. The summed E-state index contributed by atoms with van der Waals surface area (Å²) in [6.45, 7) is 4.06. The van der Waals surface area contributed by atoms with E-state index in [1.807, 2.05) is 13.8 Å². The molecular formula is C7H19O2P. The van der Waals surface area contributed by atoms with E-state index in [1.165, 1.54) is 0 Å². The van der Waals surface area contributed by atoms with E-state index in [0.29, 0.717) is 20.4 Å². The lowest BCUT2D eigenvalue weighted by molar-refractivity contribution is -0.134. The van der Waals surface area contributed by atoms with E-state index in [9.17, 15) is 4.79 Å². The molecule has 1 atom stereocenters. The van der Waals surface area contributed by atoms with Crippen LogP contribution in [0.3, 0.4) is 0 Å². The lowest BCUT2D eigenvalue weighted by Gasteiger charge is -1.98. The minimum absolute atomic E-state index is 0. The largest absolute Gasteiger partial charge is 0.481 e. The van der Waals surface area contributed by atoms with Crippen molar-refractivity contribution in [3.05, 3.63) is 0 Å². The summed E-state index contributed by atoms with van der Waals surface area (Å²) in [5.74, 6) is -0.683. The molecule has 0 heterocycles. The molecule has 0 aliphatic carbocycles. The number of carboxylic acids is 1. The van der Waals surface area contributed by atoms with Crippen LogP contribution >= 0.6 is 8.58 Å². The highest BCUT2D eigenvalue weighted by Crippen LogP contribution is 2.15. The van der Waals surface area contributed by atoms with Crippen LogP contribution in [0, 0.1) is 0 Å². The molecule has 0 aliphatic rings. The highest BCUT2D eigenvalue weighted by molar-refractivity contribution is 7.39. The number of carboxylic acid groups (broad SMARTS) is 1. The van der Waals surface area contributed by atoms with Gasteiger partial charge in [-0.25, -0.2) is 0 Å². The SMILES string of the molecule is C.C.CC(C)PCC(=O)O. The molecule has 0 aromatic heterocycles. The molecule has 0 aromatic rings. The second-order valence-corrected chi connectivity index (χ2v) is 3.85. The molecule has 10 heavy (non-hydrogen) atoms. The molecule has 3 heteroatoms. The van der Waals surface area contributed by atoms with Crippen molar-refractivity contribution in [2.75, 3.05) is 6.16 Å². The number of hydrogen-bond donors (Lipinski definition) is 1. The first-order valence-corrected chi connectivity index (χ1v) is 3.86. The van der Waals surface area contributed by atoms with Crippen molar-refractivity contribution in [1.82, 2.24) is 0 Å². The van der Waals surface area contributed by atoms with Crippen LogP contribution in [0.25, 0.3) is 0 Å². The first-order valence-electron chi connectivity index (χ1n) is 2.58. The lowest BCUT2D eigenvalue weighted by atomic mass is 10.6. The van der Waals surface area contributed by atoms with Gasteiger partial charge in [0.05, 0.1) is 6.16 Å². The molecule has 0 fully saturated rings. The summed E-state index contributed by atoms with van der Waals surface area (Å²) < 4.78 is 0. The van der Waals surface area contributed by atoms with E-state index in [-0.39, 0.29) is 14.9 Å². The van der Waals surface area contributed by atoms with Gasteiger partial charge in [0.25, 0.3) is 0 Å². The van der Waals surface area contributed by atoms with Gasteiger partial charge in [0.15, 0.2) is 0 Å². The second-order valence-electron chi connectivity index (χ2n) is 1.93. The van der Waals surface area contributed by atoms with Crippen LogP contribution in [-0.2, 0) is 4.79 Å². The van der Waals surface area contributed by atoms with Gasteiger partial charge in [-0.15, -0.1) is 8.58 Å². The third-order valence-electron chi connectivity index (χ3n) is 0.662. The fraction of sp³-hybridized carbons (Fsp3) is 0.857. The maximum Gasteiger partial charge on any atom is 0.307 e. The molecule has 2 nitrogen and oxygen atoms in total. The third kappa shape index (κ3) is 15.7. The Labute approximate surface area is 65.8 Å². The van der Waals surface area contributed by atoms with Gasteiger partial charge in [0.2, 0.25) is 0 Å². The summed E-state index contributed by atoms with van der Waals surface area (Å²) >= 11 is 0. The molecule has 1 N–H and O–H groups in total. The van der Waals surface area contributed by atoms with E-state index in [0.717, 1.165) is 0 Å². The number of rotatable bonds is 3. The molecule has 0 radical (unpaired) electrons. The summed E-state index contributed by atoms with van der Waals surface area (Å²) in [5, 5.41) is 8.17. The number of aliphatic carboxylic acids is 1. The van der Waals surface area contributed by atoms with Gasteiger partial charge in [-0.05, 0) is 5.66 Å². The molecule has 64 valence electrons. The molecule has 0 spiro atoms. The molecule has 0 saturated heterocycles. The summed E-state index contributed by atoms with van der Waals surface area (Å²) in [7, 11) is 0.569. The molecule has 0 aromatic carbocycles. The minimum atomic E-state index is -0.683. The van der Waals surface area contributed by atoms with Crippen molar-refractivity contribution >= 4 is 14.6 Å². The Morgan fingerprint density at radius 3 is 2.00 bits per heavy atom. The van der Waals surface area contributed by atoms with Gasteiger partial charge >= 0.3 is 5.97 Å². The van der Waals surface area contributed by atoms with Crippen LogP contribution in [0.5, 0.6) is 0 Å². The zero-order valence-electron chi connectivity index (χ0n) is 5.14. The van der Waals surface area contributed by atoms with Crippen molar-refractivity contribution in [2.24, 2.45) is 0 Å². The standard InChI is InChI=1S/C5H11O2P.2CH4/c1-4(2)8-3-5(6)7;;/h4,8H,3H2,1-2H3,(H,6,7);2*1H4. The average molecular weight is 166 g/mol.